The molecule has 1 aliphatic rings. The van der Waals surface area contributed by atoms with E-state index < -0.39 is 0 Å². The molecule has 1 saturated heterocycles. The van der Waals surface area contributed by atoms with Crippen LogP contribution in [-0.4, -0.2) is 39.5 Å². The average molecular weight is 284 g/mol. The molecule has 6 nitrogen and oxygen atoms in total. The predicted molar refractivity (Wildman–Crippen MR) is 72.9 cm³/mol. The highest BCUT2D eigenvalue weighted by Gasteiger charge is 2.21. The van der Waals surface area contributed by atoms with Crippen LogP contribution in [0.4, 0.5) is 0 Å². The number of thioether (sulfide) groups is 1. The van der Waals surface area contributed by atoms with Gasteiger partial charge >= 0.3 is 0 Å². The maximum atomic E-state index is 11.6. The Morgan fingerprint density at radius 2 is 2.53 bits per heavy atom. The van der Waals surface area contributed by atoms with E-state index in [0.717, 1.165) is 31.7 Å². The van der Waals surface area contributed by atoms with Gasteiger partial charge < -0.3 is 10.1 Å². The van der Waals surface area contributed by atoms with Crippen molar-refractivity contribution in [1.29, 1.82) is 0 Å². The number of carbonyl (C=O) groups excluding carboxylic acids is 1. The molecule has 2 atom stereocenters. The molecule has 0 aromatic carbocycles. The maximum Gasteiger partial charge on any atom is 0.230 e. The first-order valence-electron chi connectivity index (χ1n) is 6.65. The van der Waals surface area contributed by atoms with E-state index in [1.165, 1.54) is 11.8 Å². The van der Waals surface area contributed by atoms with Gasteiger partial charge in [-0.25, -0.2) is 4.98 Å². The van der Waals surface area contributed by atoms with Gasteiger partial charge in [0, 0.05) is 12.6 Å². The van der Waals surface area contributed by atoms with Crippen LogP contribution in [-0.2, 0) is 9.53 Å². The van der Waals surface area contributed by atoms with Gasteiger partial charge in [0.1, 0.15) is 6.10 Å². The third-order valence-corrected chi connectivity index (χ3v) is 3.92. The van der Waals surface area contributed by atoms with Crippen LogP contribution in [0.2, 0.25) is 0 Å². The molecular weight excluding hydrogens is 264 g/mol. The van der Waals surface area contributed by atoms with Crippen molar-refractivity contribution in [2.75, 3.05) is 12.4 Å². The molecule has 0 radical (unpaired) electrons. The summed E-state index contributed by atoms with van der Waals surface area (Å²) in [5.74, 6) is 1.12. The first kappa shape index (κ1) is 14.3. The van der Waals surface area contributed by atoms with Crippen molar-refractivity contribution in [1.82, 2.24) is 20.5 Å². The van der Waals surface area contributed by atoms with Crippen LogP contribution in [0.15, 0.2) is 5.16 Å². The van der Waals surface area contributed by atoms with E-state index in [9.17, 15) is 4.79 Å². The van der Waals surface area contributed by atoms with Crippen LogP contribution in [0.25, 0.3) is 0 Å². The highest BCUT2D eigenvalue weighted by Crippen LogP contribution is 2.26. The number of amides is 1. The van der Waals surface area contributed by atoms with Crippen molar-refractivity contribution in [3.63, 3.8) is 0 Å². The minimum atomic E-state index is 0.0165. The van der Waals surface area contributed by atoms with E-state index in [2.05, 4.69) is 20.5 Å². The normalized spacial score (nSPS) is 20.4. The molecule has 0 aliphatic carbocycles. The number of hydrogen-bond donors (Lipinski definition) is 2. The molecule has 1 fully saturated rings. The number of aromatic amines is 1. The molecule has 1 aromatic rings. The number of nitrogens with one attached hydrogen (secondary N) is 2. The minimum Gasteiger partial charge on any atom is -0.370 e. The van der Waals surface area contributed by atoms with Crippen LogP contribution in [0.5, 0.6) is 0 Å². The number of H-pyrrole nitrogens is 1. The molecule has 19 heavy (non-hydrogen) atoms. The zero-order chi connectivity index (χ0) is 13.7. The zero-order valence-electron chi connectivity index (χ0n) is 11.3. The summed E-state index contributed by atoms with van der Waals surface area (Å²) in [4.78, 5) is 16.0. The van der Waals surface area contributed by atoms with Gasteiger partial charge in [0.05, 0.1) is 5.75 Å². The number of rotatable bonds is 6. The Balaban J connectivity index is 1.78. The van der Waals surface area contributed by atoms with Crippen LogP contribution < -0.4 is 5.32 Å². The van der Waals surface area contributed by atoms with E-state index in [4.69, 9.17) is 4.74 Å². The maximum absolute atomic E-state index is 11.6. The second kappa shape index (κ2) is 6.91. The first-order valence-corrected chi connectivity index (χ1v) is 7.63. The summed E-state index contributed by atoms with van der Waals surface area (Å²) in [5, 5.41) is 10.5. The number of ether oxygens (including phenoxy) is 1. The minimum absolute atomic E-state index is 0.0165. The largest absolute Gasteiger partial charge is 0.370 e. The van der Waals surface area contributed by atoms with E-state index in [1.807, 2.05) is 13.8 Å². The lowest BCUT2D eigenvalue weighted by Crippen LogP contribution is -2.33. The first-order chi connectivity index (χ1) is 9.19. The van der Waals surface area contributed by atoms with Crippen molar-refractivity contribution in [3.8, 4) is 0 Å². The van der Waals surface area contributed by atoms with Crippen LogP contribution in [0, 0.1) is 0 Å². The number of nitrogens with zero attached hydrogens (tertiary/aromatic N) is 2. The quantitative estimate of drug-likeness (QED) is 0.777. The van der Waals surface area contributed by atoms with Crippen molar-refractivity contribution in [2.45, 2.75) is 50.4 Å². The highest BCUT2D eigenvalue weighted by atomic mass is 32.2. The zero-order valence-corrected chi connectivity index (χ0v) is 12.1. The molecule has 2 rings (SSSR count). The van der Waals surface area contributed by atoms with Gasteiger partial charge in [-0.2, -0.15) is 0 Å². The topological polar surface area (TPSA) is 79.9 Å². The summed E-state index contributed by atoms with van der Waals surface area (Å²) in [7, 11) is 0. The molecule has 0 bridgehead atoms. The second-order valence-corrected chi connectivity index (χ2v) is 5.61. The third kappa shape index (κ3) is 4.21. The number of hydrogen-bond acceptors (Lipinski definition) is 5. The number of aromatic nitrogens is 3. The molecule has 2 unspecified atom stereocenters. The van der Waals surface area contributed by atoms with E-state index in [-0.39, 0.29) is 18.1 Å². The lowest BCUT2D eigenvalue weighted by molar-refractivity contribution is -0.119. The Morgan fingerprint density at radius 1 is 1.68 bits per heavy atom. The van der Waals surface area contributed by atoms with Crippen LogP contribution >= 0.6 is 11.8 Å². The highest BCUT2D eigenvalue weighted by molar-refractivity contribution is 7.99. The van der Waals surface area contributed by atoms with Gasteiger partial charge in [-0.05, 0) is 26.2 Å². The fourth-order valence-electron chi connectivity index (χ4n) is 1.81. The molecular formula is C12H20N4O2S. The second-order valence-electron chi connectivity index (χ2n) is 4.67. The summed E-state index contributed by atoms with van der Waals surface area (Å²) in [6.07, 6.45) is 3.01. The van der Waals surface area contributed by atoms with Gasteiger partial charge in [-0.1, -0.05) is 18.7 Å². The summed E-state index contributed by atoms with van der Waals surface area (Å²) < 4.78 is 5.52. The summed E-state index contributed by atoms with van der Waals surface area (Å²) in [6.45, 7) is 4.82. The average Bonchev–Trinajstić information content (AvgIpc) is 3.06. The monoisotopic (exact) mass is 284 g/mol. The molecule has 1 aromatic heterocycles. The molecule has 0 saturated carbocycles. The van der Waals surface area contributed by atoms with E-state index in [1.54, 1.807) is 0 Å². The van der Waals surface area contributed by atoms with Gasteiger partial charge in [0.25, 0.3) is 0 Å². The van der Waals surface area contributed by atoms with Crippen LogP contribution in [0.3, 0.4) is 0 Å². The van der Waals surface area contributed by atoms with E-state index in [0.29, 0.717) is 10.9 Å². The molecule has 2 N–H and O–H groups in total. The Bertz CT molecular complexity index is 418. The Labute approximate surface area is 117 Å². The Hall–Kier alpha value is -1.08. The Morgan fingerprint density at radius 3 is 3.21 bits per heavy atom. The van der Waals surface area contributed by atoms with Crippen molar-refractivity contribution in [3.05, 3.63) is 5.82 Å². The SMILES string of the molecule is CCC(C)NC(=O)CSc1n[nH]c(C2CCCO2)n1. The smallest absolute Gasteiger partial charge is 0.230 e. The van der Waals surface area contributed by atoms with Gasteiger partial charge in [0.2, 0.25) is 11.1 Å². The molecule has 1 aliphatic heterocycles. The fourth-order valence-corrected chi connectivity index (χ4v) is 2.43. The Kier molecular flexibility index (Phi) is 5.21. The standard InChI is InChI=1S/C12H20N4O2S/c1-3-8(2)13-10(17)7-19-12-14-11(15-16-12)9-5-4-6-18-9/h8-9H,3-7H2,1-2H3,(H,13,17)(H,14,15,16). The van der Waals surface area contributed by atoms with Gasteiger partial charge in [-0.3, -0.25) is 9.89 Å². The molecule has 0 spiro atoms. The van der Waals surface area contributed by atoms with E-state index >= 15 is 0 Å². The van der Waals surface area contributed by atoms with Gasteiger partial charge in [-0.15, -0.1) is 5.10 Å². The fraction of sp³-hybridized carbons (Fsp3) is 0.750. The van der Waals surface area contributed by atoms with Crippen molar-refractivity contribution < 1.29 is 9.53 Å². The van der Waals surface area contributed by atoms with Crippen molar-refractivity contribution in [2.24, 2.45) is 0 Å². The van der Waals surface area contributed by atoms with Crippen LogP contribution in [0.1, 0.15) is 45.0 Å². The summed E-state index contributed by atoms with van der Waals surface area (Å²) in [6, 6.07) is 0.211. The lowest BCUT2D eigenvalue weighted by atomic mass is 10.2. The molecule has 7 heteroatoms. The molecule has 1 amide bonds. The lowest BCUT2D eigenvalue weighted by Gasteiger charge is -2.09. The third-order valence-electron chi connectivity index (χ3n) is 3.07. The molecule has 106 valence electrons. The van der Waals surface area contributed by atoms with Crippen molar-refractivity contribution >= 4 is 17.7 Å². The van der Waals surface area contributed by atoms with Gasteiger partial charge in [0.15, 0.2) is 5.82 Å². The predicted octanol–water partition coefficient (Wildman–Crippen LogP) is 1.66. The summed E-state index contributed by atoms with van der Waals surface area (Å²) in [5.41, 5.74) is 0. The molecule has 2 heterocycles. The summed E-state index contributed by atoms with van der Waals surface area (Å²) >= 11 is 1.34. The number of carbonyl (C=O) groups is 1.